The average molecular weight is 925 g/mol. The smallest absolute Gasteiger partial charge is 0.306 e. The molecule has 3 N–H and O–H groups in total. The van der Waals surface area contributed by atoms with Crippen LogP contribution in [-0.2, 0) is 14.3 Å². The SMILES string of the molecule is CCCCC/C=C\C/C=C\C/C=C\CCCCCCC(=O)OC(CCCCCCC/C=C\C/C=C\CCCCC)CC(=O)NC(CO)C(O)CCCCCCCCCCCCCCCCC. The Morgan fingerprint density at radius 2 is 0.773 bits per heavy atom. The first-order chi connectivity index (χ1) is 32.5. The predicted octanol–water partition coefficient (Wildman–Crippen LogP) is 17.6. The Kier molecular flexibility index (Phi) is 51.5. The van der Waals surface area contributed by atoms with E-state index in [9.17, 15) is 19.8 Å². The van der Waals surface area contributed by atoms with Gasteiger partial charge in [0.05, 0.1) is 25.2 Å². The number of rotatable bonds is 51. The Balaban J connectivity index is 4.62. The van der Waals surface area contributed by atoms with Gasteiger partial charge in [-0.1, -0.05) is 236 Å². The first-order valence-electron chi connectivity index (χ1n) is 28.5. The summed E-state index contributed by atoms with van der Waals surface area (Å²) >= 11 is 0. The van der Waals surface area contributed by atoms with Gasteiger partial charge in [-0.25, -0.2) is 0 Å². The lowest BCUT2D eigenvalue weighted by Gasteiger charge is -2.24. The second-order valence-corrected chi connectivity index (χ2v) is 19.3. The number of aliphatic hydroxyl groups is 2. The molecule has 0 saturated carbocycles. The van der Waals surface area contributed by atoms with E-state index in [2.05, 4.69) is 86.8 Å². The lowest BCUT2D eigenvalue weighted by molar-refractivity contribution is -0.151. The number of hydrogen-bond acceptors (Lipinski definition) is 5. The Labute approximate surface area is 409 Å². The first kappa shape index (κ1) is 63.6. The van der Waals surface area contributed by atoms with Crippen molar-refractivity contribution in [3.05, 3.63) is 60.8 Å². The molecule has 6 nitrogen and oxygen atoms in total. The van der Waals surface area contributed by atoms with Gasteiger partial charge < -0.3 is 20.3 Å². The van der Waals surface area contributed by atoms with Crippen LogP contribution in [0.3, 0.4) is 0 Å². The largest absolute Gasteiger partial charge is 0.462 e. The molecule has 0 aromatic carbocycles. The maximum Gasteiger partial charge on any atom is 0.306 e. The van der Waals surface area contributed by atoms with Crippen molar-refractivity contribution >= 4 is 11.9 Å². The second kappa shape index (κ2) is 53.5. The van der Waals surface area contributed by atoms with E-state index in [0.29, 0.717) is 19.3 Å². The highest BCUT2D eigenvalue weighted by Crippen LogP contribution is 2.18. The van der Waals surface area contributed by atoms with E-state index in [-0.39, 0.29) is 24.9 Å². The molecular formula is C60H109NO5. The molecule has 0 aliphatic rings. The zero-order valence-corrected chi connectivity index (χ0v) is 43.8. The summed E-state index contributed by atoms with van der Waals surface area (Å²) in [6, 6.07) is -0.713. The number of ether oxygens (including phenoxy) is 1. The van der Waals surface area contributed by atoms with Gasteiger partial charge in [0.2, 0.25) is 5.91 Å². The molecule has 6 heteroatoms. The van der Waals surface area contributed by atoms with Crippen LogP contribution in [0.5, 0.6) is 0 Å². The van der Waals surface area contributed by atoms with E-state index in [0.717, 1.165) is 96.3 Å². The van der Waals surface area contributed by atoms with Crippen LogP contribution >= 0.6 is 0 Å². The van der Waals surface area contributed by atoms with Crippen LogP contribution in [0.2, 0.25) is 0 Å². The molecule has 1 amide bonds. The van der Waals surface area contributed by atoms with Crippen LogP contribution in [-0.4, -0.2) is 46.9 Å². The molecule has 0 aliphatic heterocycles. The van der Waals surface area contributed by atoms with Crippen molar-refractivity contribution < 1.29 is 24.5 Å². The third kappa shape index (κ3) is 48.0. The molecule has 0 bridgehead atoms. The van der Waals surface area contributed by atoms with Crippen LogP contribution in [0.1, 0.15) is 284 Å². The van der Waals surface area contributed by atoms with Crippen molar-refractivity contribution in [1.29, 1.82) is 0 Å². The molecule has 0 aromatic heterocycles. The minimum Gasteiger partial charge on any atom is -0.462 e. The normalized spacial score (nSPS) is 13.6. The van der Waals surface area contributed by atoms with Crippen LogP contribution in [0.15, 0.2) is 60.8 Å². The van der Waals surface area contributed by atoms with Crippen molar-refractivity contribution in [2.75, 3.05) is 6.61 Å². The van der Waals surface area contributed by atoms with Crippen molar-refractivity contribution in [1.82, 2.24) is 5.32 Å². The number of amides is 1. The lowest BCUT2D eigenvalue weighted by Crippen LogP contribution is -2.46. The molecule has 0 aliphatic carbocycles. The van der Waals surface area contributed by atoms with Gasteiger partial charge in [-0.15, -0.1) is 0 Å². The summed E-state index contributed by atoms with van der Waals surface area (Å²) in [6.07, 6.45) is 67.0. The minimum atomic E-state index is -0.798. The molecule has 0 radical (unpaired) electrons. The highest BCUT2D eigenvalue weighted by atomic mass is 16.5. The first-order valence-corrected chi connectivity index (χ1v) is 28.5. The van der Waals surface area contributed by atoms with Crippen LogP contribution < -0.4 is 5.32 Å². The Hall–Kier alpha value is -2.44. The topological polar surface area (TPSA) is 95.9 Å². The van der Waals surface area contributed by atoms with E-state index >= 15 is 0 Å². The third-order valence-electron chi connectivity index (χ3n) is 12.8. The summed E-state index contributed by atoms with van der Waals surface area (Å²) in [7, 11) is 0. The van der Waals surface area contributed by atoms with E-state index < -0.39 is 18.2 Å². The Morgan fingerprint density at radius 3 is 1.20 bits per heavy atom. The molecule has 3 atom stereocenters. The molecule has 0 spiro atoms. The summed E-state index contributed by atoms with van der Waals surface area (Å²) in [5.41, 5.74) is 0. The standard InChI is InChI=1S/C60H109NO5/c1-4-7-10-13-16-19-22-25-28-29-32-35-38-41-44-47-50-53-60(65)66-56(51-48-45-42-39-36-33-30-26-23-20-17-14-11-8-5-2)54-59(64)61-57(55-62)58(63)52-49-46-43-40-37-34-31-27-24-21-18-15-12-9-6-3/h16-17,19-20,25-26,28,30,32,35,56-58,62-63H,4-15,18,21-24,27,29,31,33-34,36-55H2,1-3H3,(H,61,64)/b19-16-,20-17-,28-25-,30-26-,35-32-. The monoisotopic (exact) mass is 924 g/mol. The van der Waals surface area contributed by atoms with Crippen molar-refractivity contribution in [3.63, 3.8) is 0 Å². The fraction of sp³-hybridized carbons (Fsp3) is 0.800. The fourth-order valence-electron chi connectivity index (χ4n) is 8.47. The number of carbonyl (C=O) groups is 2. The van der Waals surface area contributed by atoms with Gasteiger partial charge >= 0.3 is 5.97 Å². The van der Waals surface area contributed by atoms with Gasteiger partial charge in [0.25, 0.3) is 0 Å². The number of hydrogen-bond donors (Lipinski definition) is 3. The predicted molar refractivity (Wildman–Crippen MR) is 287 cm³/mol. The summed E-state index contributed by atoms with van der Waals surface area (Å²) in [5.74, 6) is -0.507. The number of unbranched alkanes of at least 4 members (excludes halogenated alkanes) is 29. The zero-order valence-electron chi connectivity index (χ0n) is 43.8. The Bertz CT molecular complexity index is 1170. The highest BCUT2D eigenvalue weighted by Gasteiger charge is 2.24. The van der Waals surface area contributed by atoms with Crippen molar-refractivity contribution in [3.8, 4) is 0 Å². The number of carbonyl (C=O) groups excluding carboxylic acids is 2. The molecule has 0 heterocycles. The van der Waals surface area contributed by atoms with Gasteiger partial charge in [0, 0.05) is 6.42 Å². The van der Waals surface area contributed by atoms with Crippen LogP contribution in [0.25, 0.3) is 0 Å². The second-order valence-electron chi connectivity index (χ2n) is 19.3. The molecule has 0 saturated heterocycles. The van der Waals surface area contributed by atoms with Crippen molar-refractivity contribution in [2.24, 2.45) is 0 Å². The summed E-state index contributed by atoms with van der Waals surface area (Å²) < 4.78 is 5.94. The molecule has 0 aromatic rings. The van der Waals surface area contributed by atoms with E-state index in [1.165, 1.54) is 141 Å². The Morgan fingerprint density at radius 1 is 0.439 bits per heavy atom. The summed E-state index contributed by atoms with van der Waals surface area (Å²) in [6.45, 7) is 6.44. The van der Waals surface area contributed by atoms with E-state index in [4.69, 9.17) is 4.74 Å². The third-order valence-corrected chi connectivity index (χ3v) is 12.8. The number of nitrogens with one attached hydrogen (secondary N) is 1. The van der Waals surface area contributed by atoms with Crippen LogP contribution in [0, 0.1) is 0 Å². The molecule has 384 valence electrons. The average Bonchev–Trinajstić information content (AvgIpc) is 3.31. The molecule has 66 heavy (non-hydrogen) atoms. The van der Waals surface area contributed by atoms with E-state index in [1.807, 2.05) is 0 Å². The number of allylic oxidation sites excluding steroid dienone is 10. The fourth-order valence-corrected chi connectivity index (χ4v) is 8.47. The van der Waals surface area contributed by atoms with Crippen LogP contribution in [0.4, 0.5) is 0 Å². The van der Waals surface area contributed by atoms with Gasteiger partial charge in [0.1, 0.15) is 6.10 Å². The summed E-state index contributed by atoms with van der Waals surface area (Å²) in [5, 5.41) is 23.9. The molecule has 3 unspecified atom stereocenters. The zero-order chi connectivity index (χ0) is 48.1. The van der Waals surface area contributed by atoms with Gasteiger partial charge in [-0.3, -0.25) is 9.59 Å². The van der Waals surface area contributed by atoms with Gasteiger partial charge in [-0.05, 0) is 96.3 Å². The van der Waals surface area contributed by atoms with Gasteiger partial charge in [0.15, 0.2) is 0 Å². The molecule has 0 rings (SSSR count). The molecule has 0 fully saturated rings. The molecular weight excluding hydrogens is 815 g/mol. The summed E-state index contributed by atoms with van der Waals surface area (Å²) in [4.78, 5) is 26.3. The highest BCUT2D eigenvalue weighted by molar-refractivity contribution is 5.77. The number of esters is 1. The quantitative estimate of drug-likeness (QED) is 0.0321. The maximum absolute atomic E-state index is 13.3. The van der Waals surface area contributed by atoms with Gasteiger partial charge in [-0.2, -0.15) is 0 Å². The maximum atomic E-state index is 13.3. The van der Waals surface area contributed by atoms with E-state index in [1.54, 1.807) is 0 Å². The van der Waals surface area contributed by atoms with Crippen molar-refractivity contribution in [2.45, 2.75) is 302 Å². The number of aliphatic hydroxyl groups excluding tert-OH is 2. The lowest BCUT2D eigenvalue weighted by atomic mass is 10.0. The minimum absolute atomic E-state index is 0.0586.